The molecule has 0 saturated carbocycles. The quantitative estimate of drug-likeness (QED) is 0.404. The van der Waals surface area contributed by atoms with E-state index in [4.69, 9.17) is 0 Å². The summed E-state index contributed by atoms with van der Waals surface area (Å²) >= 11 is 0. The summed E-state index contributed by atoms with van der Waals surface area (Å²) in [6.07, 6.45) is 0. The Balaban J connectivity index is 2.62. The summed E-state index contributed by atoms with van der Waals surface area (Å²) in [5.41, 5.74) is 2.72. The highest BCUT2D eigenvalue weighted by atomic mass is 15.1. The fraction of sp³-hybridized carbons (Fsp3) is 0.143. The molecule has 0 fully saturated rings. The fourth-order valence-corrected chi connectivity index (χ4v) is 2.90. The second-order valence-corrected chi connectivity index (χ2v) is 7.33. The second kappa shape index (κ2) is 11.8. The van der Waals surface area contributed by atoms with Gasteiger partial charge in [0.05, 0.1) is 5.57 Å². The first kappa shape index (κ1) is 24.9. The summed E-state index contributed by atoms with van der Waals surface area (Å²) in [5, 5.41) is 38.1. The van der Waals surface area contributed by atoms with Gasteiger partial charge in [0.15, 0.2) is 0 Å². The highest BCUT2D eigenvalue weighted by Gasteiger charge is 2.18. The number of nitrogens with zero attached hydrogens (tertiary/aromatic N) is 6. The maximum absolute atomic E-state index is 9.55. The minimum absolute atomic E-state index is 0.0158. The van der Waals surface area contributed by atoms with Crippen LogP contribution in [0.3, 0.4) is 0 Å². The topological polar surface area (TPSA) is 102 Å². The van der Waals surface area contributed by atoms with E-state index in [0.29, 0.717) is 5.56 Å². The van der Waals surface area contributed by atoms with E-state index < -0.39 is 0 Å². The first-order chi connectivity index (χ1) is 16.4. The maximum Gasteiger partial charge on any atom is 0.145 e. The number of hydrogen-bond donors (Lipinski definition) is 0. The molecule has 0 unspecified atom stereocenters. The normalized spacial score (nSPS) is 8.59. The zero-order valence-corrected chi connectivity index (χ0v) is 19.3. The van der Waals surface area contributed by atoms with E-state index in [1.165, 1.54) is 0 Å². The number of nitriles is 4. The average molecular weight is 441 g/mol. The maximum atomic E-state index is 9.55. The van der Waals surface area contributed by atoms with Crippen LogP contribution in [0.25, 0.3) is 5.57 Å². The summed E-state index contributed by atoms with van der Waals surface area (Å²) in [7, 11) is 7.65. The lowest BCUT2D eigenvalue weighted by Gasteiger charge is -2.14. The van der Waals surface area contributed by atoms with Crippen LogP contribution in [0.1, 0.15) is 11.1 Å². The fourth-order valence-electron chi connectivity index (χ4n) is 2.90. The molecule has 2 rings (SSSR count). The van der Waals surface area contributed by atoms with Crippen LogP contribution in [-0.2, 0) is 0 Å². The molecule has 2 aromatic rings. The van der Waals surface area contributed by atoms with Gasteiger partial charge >= 0.3 is 0 Å². The van der Waals surface area contributed by atoms with E-state index in [2.05, 4.69) is 23.7 Å². The number of anilines is 2. The lowest BCUT2D eigenvalue weighted by Crippen LogP contribution is -2.08. The van der Waals surface area contributed by atoms with Gasteiger partial charge in [0.1, 0.15) is 35.4 Å². The third kappa shape index (κ3) is 6.07. The molecule has 0 aromatic heterocycles. The van der Waals surface area contributed by atoms with Gasteiger partial charge in [-0.15, -0.1) is 0 Å². The molecule has 34 heavy (non-hydrogen) atoms. The standard InChI is InChI=1S/C28H20N6/c1-33(2)25-13-9-21(10-14-25)7-5-6-8-27(23(17-29)18-30)28(24(19-31)20-32)22-11-15-26(16-12-22)34(3)4/h9-16H,1-4H3. The predicted octanol–water partition coefficient (Wildman–Crippen LogP) is 4.02. The van der Waals surface area contributed by atoms with Crippen molar-refractivity contribution in [2.45, 2.75) is 0 Å². The predicted molar refractivity (Wildman–Crippen MR) is 133 cm³/mol. The van der Waals surface area contributed by atoms with Crippen LogP contribution in [0.2, 0.25) is 0 Å². The van der Waals surface area contributed by atoms with Crippen molar-refractivity contribution in [3.05, 3.63) is 76.4 Å². The van der Waals surface area contributed by atoms with Gasteiger partial charge in [-0.1, -0.05) is 18.1 Å². The van der Waals surface area contributed by atoms with Crippen LogP contribution in [0, 0.1) is 69.0 Å². The third-order valence-corrected chi connectivity index (χ3v) is 4.71. The zero-order chi connectivity index (χ0) is 25.1. The first-order valence-electron chi connectivity index (χ1n) is 10.0. The van der Waals surface area contributed by atoms with Crippen molar-refractivity contribution < 1.29 is 0 Å². The van der Waals surface area contributed by atoms with Gasteiger partial charge in [-0.05, 0) is 59.7 Å². The Morgan fingerprint density at radius 1 is 0.618 bits per heavy atom. The molecule has 0 N–H and O–H groups in total. The Kier molecular flexibility index (Phi) is 8.66. The lowest BCUT2D eigenvalue weighted by molar-refractivity contribution is 1.13. The van der Waals surface area contributed by atoms with Gasteiger partial charge in [0.2, 0.25) is 0 Å². The van der Waals surface area contributed by atoms with Gasteiger partial charge in [-0.25, -0.2) is 0 Å². The van der Waals surface area contributed by atoms with Crippen molar-refractivity contribution >= 4 is 16.9 Å². The van der Waals surface area contributed by atoms with Gasteiger partial charge < -0.3 is 9.80 Å². The van der Waals surface area contributed by atoms with Crippen LogP contribution in [0.4, 0.5) is 11.4 Å². The van der Waals surface area contributed by atoms with E-state index in [-0.39, 0.29) is 22.3 Å². The Labute approximate surface area is 200 Å². The molecule has 0 atom stereocenters. The molecular formula is C28H20N6. The highest BCUT2D eigenvalue weighted by molar-refractivity contribution is 5.92. The number of benzene rings is 2. The minimum Gasteiger partial charge on any atom is -0.378 e. The monoisotopic (exact) mass is 440 g/mol. The Morgan fingerprint density at radius 2 is 1.09 bits per heavy atom. The van der Waals surface area contributed by atoms with E-state index >= 15 is 0 Å². The summed E-state index contributed by atoms with van der Waals surface area (Å²) < 4.78 is 0. The third-order valence-electron chi connectivity index (χ3n) is 4.71. The Morgan fingerprint density at radius 3 is 1.53 bits per heavy atom. The smallest absolute Gasteiger partial charge is 0.145 e. The molecule has 0 bridgehead atoms. The van der Waals surface area contributed by atoms with E-state index in [9.17, 15) is 21.0 Å². The van der Waals surface area contributed by atoms with Crippen molar-refractivity contribution in [3.8, 4) is 48.0 Å². The van der Waals surface area contributed by atoms with E-state index in [1.807, 2.05) is 98.7 Å². The molecule has 0 aliphatic heterocycles. The summed E-state index contributed by atoms with van der Waals surface area (Å²) in [6, 6.07) is 21.9. The molecule has 0 aliphatic rings. The molecule has 6 heteroatoms. The largest absolute Gasteiger partial charge is 0.378 e. The van der Waals surface area contributed by atoms with E-state index in [0.717, 1.165) is 16.9 Å². The van der Waals surface area contributed by atoms with Crippen molar-refractivity contribution in [2.24, 2.45) is 0 Å². The molecule has 6 nitrogen and oxygen atoms in total. The summed E-state index contributed by atoms with van der Waals surface area (Å²) in [4.78, 5) is 3.87. The molecule has 0 saturated heterocycles. The second-order valence-electron chi connectivity index (χ2n) is 7.33. The molecule has 162 valence electrons. The van der Waals surface area contributed by atoms with Crippen molar-refractivity contribution in [1.29, 1.82) is 21.0 Å². The molecule has 0 amide bonds. The highest BCUT2D eigenvalue weighted by Crippen LogP contribution is 2.30. The van der Waals surface area contributed by atoms with Crippen LogP contribution < -0.4 is 9.80 Å². The zero-order valence-electron chi connectivity index (χ0n) is 19.3. The van der Waals surface area contributed by atoms with Crippen molar-refractivity contribution in [1.82, 2.24) is 0 Å². The first-order valence-corrected chi connectivity index (χ1v) is 10.0. The Bertz CT molecular complexity index is 1390. The molecule has 0 heterocycles. The molecule has 0 radical (unpaired) electrons. The average Bonchev–Trinajstić information content (AvgIpc) is 2.85. The molecule has 0 aliphatic carbocycles. The van der Waals surface area contributed by atoms with Gasteiger partial charge in [-0.3, -0.25) is 0 Å². The molecular weight excluding hydrogens is 420 g/mol. The molecule has 0 spiro atoms. The van der Waals surface area contributed by atoms with Gasteiger partial charge in [-0.2, -0.15) is 21.0 Å². The van der Waals surface area contributed by atoms with Crippen LogP contribution in [-0.4, -0.2) is 28.2 Å². The van der Waals surface area contributed by atoms with Gasteiger partial charge in [0, 0.05) is 50.7 Å². The number of allylic oxidation sites excluding steroid dienone is 4. The number of rotatable bonds is 4. The van der Waals surface area contributed by atoms with Crippen LogP contribution in [0.15, 0.2) is 65.3 Å². The van der Waals surface area contributed by atoms with E-state index in [1.54, 1.807) is 12.1 Å². The van der Waals surface area contributed by atoms with Crippen molar-refractivity contribution in [2.75, 3.05) is 38.0 Å². The summed E-state index contributed by atoms with van der Waals surface area (Å²) in [6.45, 7) is 0. The summed E-state index contributed by atoms with van der Waals surface area (Å²) in [5.74, 6) is 11.0. The van der Waals surface area contributed by atoms with Crippen LogP contribution >= 0.6 is 0 Å². The SMILES string of the molecule is CN(C)c1ccc(C#CC#CC(=C(C#N)C#N)C(=C(C#N)C#N)c2ccc(N(C)C)cc2)cc1. The number of hydrogen-bond acceptors (Lipinski definition) is 6. The lowest BCUT2D eigenvalue weighted by atomic mass is 9.90. The van der Waals surface area contributed by atoms with Crippen molar-refractivity contribution in [3.63, 3.8) is 0 Å². The molecule has 2 aromatic carbocycles. The van der Waals surface area contributed by atoms with Gasteiger partial charge in [0.25, 0.3) is 0 Å². The van der Waals surface area contributed by atoms with Crippen LogP contribution in [0.5, 0.6) is 0 Å². The Hall–Kier alpha value is -5.40. The minimum atomic E-state index is -0.306.